The van der Waals surface area contributed by atoms with E-state index in [4.69, 9.17) is 9.47 Å². The minimum Gasteiger partial charge on any atom is -0.504 e. The Balaban J connectivity index is 1.86. The van der Waals surface area contributed by atoms with Gasteiger partial charge in [-0.1, -0.05) is 6.07 Å². The first-order valence-electron chi connectivity index (χ1n) is 7.38. The molecule has 2 rings (SSSR count). The maximum absolute atomic E-state index is 11.7. The van der Waals surface area contributed by atoms with Crippen molar-refractivity contribution in [3.8, 4) is 17.2 Å². The molecule has 6 heteroatoms. The summed E-state index contributed by atoms with van der Waals surface area (Å²) in [5.74, 6) is 0.662. The zero-order chi connectivity index (χ0) is 17.5. The van der Waals surface area contributed by atoms with Gasteiger partial charge in [0.25, 0.3) is 5.91 Å². The van der Waals surface area contributed by atoms with Crippen LogP contribution in [0.1, 0.15) is 16.7 Å². The minimum absolute atomic E-state index is 0.0422. The molecule has 1 amide bonds. The molecule has 126 valence electrons. The second-order valence-corrected chi connectivity index (χ2v) is 5.34. The van der Waals surface area contributed by atoms with Gasteiger partial charge in [-0.2, -0.15) is 5.10 Å². The van der Waals surface area contributed by atoms with Crippen molar-refractivity contribution in [3.05, 3.63) is 53.1 Å². The molecule has 24 heavy (non-hydrogen) atoms. The Morgan fingerprint density at radius 2 is 1.92 bits per heavy atom. The molecule has 0 aliphatic carbocycles. The van der Waals surface area contributed by atoms with E-state index in [9.17, 15) is 9.90 Å². The molecule has 0 heterocycles. The van der Waals surface area contributed by atoms with Crippen LogP contribution in [0.5, 0.6) is 17.2 Å². The van der Waals surface area contributed by atoms with E-state index in [0.29, 0.717) is 17.1 Å². The van der Waals surface area contributed by atoms with Gasteiger partial charge in [0.2, 0.25) is 0 Å². The Morgan fingerprint density at radius 1 is 1.21 bits per heavy atom. The van der Waals surface area contributed by atoms with Gasteiger partial charge in [0.15, 0.2) is 18.1 Å². The molecule has 0 unspecified atom stereocenters. The number of hydrazone groups is 1. The average Bonchev–Trinajstić information content (AvgIpc) is 2.53. The molecular weight excluding hydrogens is 308 g/mol. The lowest BCUT2D eigenvalue weighted by Gasteiger charge is -2.07. The van der Waals surface area contributed by atoms with Crippen LogP contribution in [0.2, 0.25) is 0 Å². The van der Waals surface area contributed by atoms with Crippen molar-refractivity contribution >= 4 is 12.1 Å². The monoisotopic (exact) mass is 328 g/mol. The number of aromatic hydroxyl groups is 1. The third kappa shape index (κ3) is 5.01. The highest BCUT2D eigenvalue weighted by molar-refractivity contribution is 5.83. The predicted octanol–water partition coefficient (Wildman–Crippen LogP) is 2.55. The number of hydrogen-bond acceptors (Lipinski definition) is 5. The molecule has 0 aromatic heterocycles. The number of benzene rings is 2. The highest BCUT2D eigenvalue weighted by Gasteiger charge is 2.03. The largest absolute Gasteiger partial charge is 0.504 e. The molecule has 0 aliphatic rings. The lowest BCUT2D eigenvalue weighted by Crippen LogP contribution is -2.24. The second-order valence-electron chi connectivity index (χ2n) is 5.34. The summed E-state index contributed by atoms with van der Waals surface area (Å²) in [6, 6.07) is 10.5. The van der Waals surface area contributed by atoms with E-state index < -0.39 is 0 Å². The third-order valence-electron chi connectivity index (χ3n) is 3.17. The number of methoxy groups -OCH3 is 1. The zero-order valence-corrected chi connectivity index (χ0v) is 13.9. The number of aryl methyl sites for hydroxylation is 2. The molecule has 6 nitrogen and oxygen atoms in total. The summed E-state index contributed by atoms with van der Waals surface area (Å²) in [5.41, 5.74) is 5.21. The Labute approximate surface area is 140 Å². The quantitative estimate of drug-likeness (QED) is 0.631. The van der Waals surface area contributed by atoms with Crippen LogP contribution < -0.4 is 14.9 Å². The van der Waals surface area contributed by atoms with Crippen molar-refractivity contribution in [3.63, 3.8) is 0 Å². The van der Waals surface area contributed by atoms with E-state index in [0.717, 1.165) is 11.1 Å². The second kappa shape index (κ2) is 8.01. The number of nitrogens with one attached hydrogen (secondary N) is 1. The first-order valence-corrected chi connectivity index (χ1v) is 7.38. The molecule has 0 aliphatic heterocycles. The fourth-order valence-electron chi connectivity index (χ4n) is 2.15. The molecule has 2 aromatic carbocycles. The van der Waals surface area contributed by atoms with Gasteiger partial charge in [-0.15, -0.1) is 0 Å². The number of amides is 1. The fraction of sp³-hybridized carbons (Fsp3) is 0.222. The number of phenols is 1. The van der Waals surface area contributed by atoms with Gasteiger partial charge in [-0.05, 0) is 60.9 Å². The summed E-state index contributed by atoms with van der Waals surface area (Å²) in [6.07, 6.45) is 1.46. The van der Waals surface area contributed by atoms with E-state index in [1.165, 1.54) is 19.4 Å². The Kier molecular flexibility index (Phi) is 5.78. The molecule has 0 atom stereocenters. The van der Waals surface area contributed by atoms with Crippen molar-refractivity contribution in [2.24, 2.45) is 5.10 Å². The van der Waals surface area contributed by atoms with Gasteiger partial charge >= 0.3 is 0 Å². The molecule has 0 saturated heterocycles. The molecule has 2 aromatic rings. The number of carbonyl (C=O) groups is 1. The first-order chi connectivity index (χ1) is 11.5. The minimum atomic E-state index is -0.365. The molecule has 0 spiro atoms. The van der Waals surface area contributed by atoms with E-state index in [1.807, 2.05) is 32.0 Å². The highest BCUT2D eigenvalue weighted by Crippen LogP contribution is 2.25. The number of rotatable bonds is 6. The maximum Gasteiger partial charge on any atom is 0.277 e. The van der Waals surface area contributed by atoms with Gasteiger partial charge in [0, 0.05) is 0 Å². The van der Waals surface area contributed by atoms with Gasteiger partial charge in [0.05, 0.1) is 13.3 Å². The van der Waals surface area contributed by atoms with Crippen LogP contribution in [-0.4, -0.2) is 30.9 Å². The summed E-state index contributed by atoms with van der Waals surface area (Å²) in [7, 11) is 1.46. The Morgan fingerprint density at radius 3 is 2.58 bits per heavy atom. The van der Waals surface area contributed by atoms with Crippen molar-refractivity contribution in [1.82, 2.24) is 5.43 Å². The SMILES string of the molecule is COc1cc(C=NNC(=O)COc2cc(C)cc(C)c2)ccc1O. The van der Waals surface area contributed by atoms with Crippen LogP contribution in [0.4, 0.5) is 0 Å². The van der Waals surface area contributed by atoms with Gasteiger partial charge < -0.3 is 14.6 Å². The molecule has 2 N–H and O–H groups in total. The molecule has 0 bridgehead atoms. The number of hydrogen-bond donors (Lipinski definition) is 2. The van der Waals surface area contributed by atoms with Crippen molar-refractivity contribution in [1.29, 1.82) is 0 Å². The summed E-state index contributed by atoms with van der Waals surface area (Å²) in [5, 5.41) is 13.4. The summed E-state index contributed by atoms with van der Waals surface area (Å²) >= 11 is 0. The third-order valence-corrected chi connectivity index (χ3v) is 3.17. The summed E-state index contributed by atoms with van der Waals surface area (Å²) in [6.45, 7) is 3.81. The van der Waals surface area contributed by atoms with Gasteiger partial charge in [0.1, 0.15) is 5.75 Å². The number of ether oxygens (including phenoxy) is 2. The van der Waals surface area contributed by atoms with Crippen LogP contribution >= 0.6 is 0 Å². The van der Waals surface area contributed by atoms with Crippen LogP contribution in [0, 0.1) is 13.8 Å². The smallest absolute Gasteiger partial charge is 0.277 e. The molecule has 0 saturated carbocycles. The standard InChI is InChI=1S/C18H20N2O4/c1-12-6-13(2)8-15(7-12)24-11-18(22)20-19-10-14-4-5-16(21)17(9-14)23-3/h4-10,21H,11H2,1-3H3,(H,20,22). The zero-order valence-electron chi connectivity index (χ0n) is 13.9. The molecule has 0 fully saturated rings. The van der Waals surface area contributed by atoms with Crippen LogP contribution in [0.15, 0.2) is 41.5 Å². The van der Waals surface area contributed by atoms with E-state index in [1.54, 1.807) is 12.1 Å². The molecular formula is C18H20N2O4. The number of nitrogens with zero attached hydrogens (tertiary/aromatic N) is 1. The topological polar surface area (TPSA) is 80.2 Å². The fourth-order valence-corrected chi connectivity index (χ4v) is 2.15. The summed E-state index contributed by atoms with van der Waals surface area (Å²) in [4.78, 5) is 11.7. The normalized spacial score (nSPS) is 10.6. The number of carbonyl (C=O) groups excluding carboxylic acids is 1. The van der Waals surface area contributed by atoms with E-state index in [2.05, 4.69) is 10.5 Å². The first kappa shape index (κ1) is 17.3. The van der Waals surface area contributed by atoms with Crippen molar-refractivity contribution < 1.29 is 19.4 Å². The lowest BCUT2D eigenvalue weighted by atomic mass is 10.1. The number of phenolic OH excluding ortho intramolecular Hbond substituents is 1. The predicted molar refractivity (Wildman–Crippen MR) is 91.8 cm³/mol. The van der Waals surface area contributed by atoms with E-state index in [-0.39, 0.29) is 18.3 Å². The van der Waals surface area contributed by atoms with Gasteiger partial charge in [-0.3, -0.25) is 4.79 Å². The average molecular weight is 328 g/mol. The van der Waals surface area contributed by atoms with Crippen molar-refractivity contribution in [2.45, 2.75) is 13.8 Å². The van der Waals surface area contributed by atoms with E-state index >= 15 is 0 Å². The summed E-state index contributed by atoms with van der Waals surface area (Å²) < 4.78 is 10.4. The Bertz CT molecular complexity index is 736. The van der Waals surface area contributed by atoms with Crippen LogP contribution in [0.25, 0.3) is 0 Å². The Hall–Kier alpha value is -3.02. The van der Waals surface area contributed by atoms with Gasteiger partial charge in [-0.25, -0.2) is 5.43 Å². The van der Waals surface area contributed by atoms with Crippen molar-refractivity contribution in [2.75, 3.05) is 13.7 Å². The van der Waals surface area contributed by atoms with Crippen LogP contribution in [0.3, 0.4) is 0 Å². The van der Waals surface area contributed by atoms with Crippen LogP contribution in [-0.2, 0) is 4.79 Å². The maximum atomic E-state index is 11.7. The molecule has 0 radical (unpaired) electrons. The lowest BCUT2D eigenvalue weighted by molar-refractivity contribution is -0.123. The highest BCUT2D eigenvalue weighted by atomic mass is 16.5.